The predicted molar refractivity (Wildman–Crippen MR) is 74.1 cm³/mol. The van der Waals surface area contributed by atoms with Gasteiger partial charge in [0.15, 0.2) is 0 Å². The first-order valence-electron chi connectivity index (χ1n) is 6.22. The molecule has 1 aromatic carbocycles. The van der Waals surface area contributed by atoms with Crippen LogP contribution < -0.4 is 0 Å². The van der Waals surface area contributed by atoms with Crippen LogP contribution in [0.1, 0.15) is 12.5 Å². The van der Waals surface area contributed by atoms with Gasteiger partial charge in [-0.25, -0.2) is 0 Å². The summed E-state index contributed by atoms with van der Waals surface area (Å²) in [5.74, 6) is -1.14. The van der Waals surface area contributed by atoms with E-state index in [-0.39, 0.29) is 5.92 Å². The minimum absolute atomic E-state index is 0.374. The Kier molecular flexibility index (Phi) is 2.71. The van der Waals surface area contributed by atoms with Gasteiger partial charge in [0.25, 0.3) is 0 Å². The van der Waals surface area contributed by atoms with Crippen molar-refractivity contribution in [2.45, 2.75) is 13.3 Å². The van der Waals surface area contributed by atoms with E-state index >= 15 is 0 Å². The molecule has 0 fully saturated rings. The van der Waals surface area contributed by atoms with Gasteiger partial charge in [0.2, 0.25) is 0 Å². The van der Waals surface area contributed by atoms with Gasteiger partial charge in [0.05, 0.1) is 5.92 Å². The molecular formula is C15H14N2O2. The third-order valence-electron chi connectivity index (χ3n) is 3.43. The molecule has 3 aromatic rings. The lowest BCUT2D eigenvalue weighted by Crippen LogP contribution is -2.12. The number of hydrogen-bond acceptors (Lipinski definition) is 2. The van der Waals surface area contributed by atoms with E-state index in [0.717, 1.165) is 27.4 Å². The maximum absolute atomic E-state index is 10.9. The van der Waals surface area contributed by atoms with Gasteiger partial charge in [-0.05, 0) is 30.2 Å². The van der Waals surface area contributed by atoms with Gasteiger partial charge < -0.3 is 10.1 Å². The summed E-state index contributed by atoms with van der Waals surface area (Å²) in [5, 5.41) is 11.1. The van der Waals surface area contributed by atoms with E-state index in [1.54, 1.807) is 13.1 Å². The van der Waals surface area contributed by atoms with Crippen molar-refractivity contribution in [2.24, 2.45) is 5.92 Å². The maximum Gasteiger partial charge on any atom is 0.306 e. The summed E-state index contributed by atoms with van der Waals surface area (Å²) < 4.78 is 0. The number of aromatic amines is 1. The summed E-state index contributed by atoms with van der Waals surface area (Å²) in [5.41, 5.74) is 3.13. The smallest absolute Gasteiger partial charge is 0.306 e. The summed E-state index contributed by atoms with van der Waals surface area (Å²) in [6.07, 6.45) is 4.13. The van der Waals surface area contributed by atoms with E-state index in [1.165, 1.54) is 0 Å². The fraction of sp³-hybridized carbons (Fsp3) is 0.200. The number of aromatic nitrogens is 2. The fourth-order valence-corrected chi connectivity index (χ4v) is 2.35. The number of pyridine rings is 1. The highest BCUT2D eigenvalue weighted by atomic mass is 16.4. The number of rotatable bonds is 3. The molecule has 19 heavy (non-hydrogen) atoms. The van der Waals surface area contributed by atoms with Crippen molar-refractivity contribution < 1.29 is 9.90 Å². The summed E-state index contributed by atoms with van der Waals surface area (Å²) in [6, 6.07) is 7.97. The van der Waals surface area contributed by atoms with E-state index in [1.807, 2.05) is 24.4 Å². The first-order valence-corrected chi connectivity index (χ1v) is 6.22. The molecule has 96 valence electrons. The molecule has 0 aliphatic rings. The van der Waals surface area contributed by atoms with Crippen LogP contribution >= 0.6 is 0 Å². The number of nitrogens with zero attached hydrogens (tertiary/aromatic N) is 1. The molecule has 0 radical (unpaired) electrons. The van der Waals surface area contributed by atoms with E-state index in [9.17, 15) is 4.79 Å². The van der Waals surface area contributed by atoms with Crippen LogP contribution in [0.15, 0.2) is 36.7 Å². The van der Waals surface area contributed by atoms with Crippen molar-refractivity contribution in [1.82, 2.24) is 9.97 Å². The Hall–Kier alpha value is -2.36. The van der Waals surface area contributed by atoms with Gasteiger partial charge in [-0.3, -0.25) is 9.78 Å². The molecule has 0 bridgehead atoms. The second-order valence-corrected chi connectivity index (χ2v) is 4.87. The minimum atomic E-state index is -0.763. The number of nitrogens with one attached hydrogen (secondary N) is 1. The largest absolute Gasteiger partial charge is 0.481 e. The molecule has 4 heteroatoms. The summed E-state index contributed by atoms with van der Waals surface area (Å²) in [7, 11) is 0. The SMILES string of the molecule is CC(Cc1ccc2[nH]c3ccncc3c2c1)C(=O)O. The van der Waals surface area contributed by atoms with Crippen LogP contribution in [0.5, 0.6) is 0 Å². The molecule has 3 rings (SSSR count). The topological polar surface area (TPSA) is 66.0 Å². The lowest BCUT2D eigenvalue weighted by molar-refractivity contribution is -0.141. The van der Waals surface area contributed by atoms with Gasteiger partial charge in [0, 0.05) is 34.2 Å². The predicted octanol–water partition coefficient (Wildman–Crippen LogP) is 2.98. The first-order chi connectivity index (χ1) is 9.15. The molecule has 0 saturated carbocycles. The third-order valence-corrected chi connectivity index (χ3v) is 3.43. The number of H-pyrrole nitrogens is 1. The molecule has 0 aliphatic carbocycles. The third kappa shape index (κ3) is 2.05. The van der Waals surface area contributed by atoms with Gasteiger partial charge in [-0.2, -0.15) is 0 Å². The second kappa shape index (κ2) is 4.39. The molecule has 2 N–H and O–H groups in total. The molecular weight excluding hydrogens is 240 g/mol. The summed E-state index contributed by atoms with van der Waals surface area (Å²) in [6.45, 7) is 1.73. The lowest BCUT2D eigenvalue weighted by atomic mass is 10.00. The molecule has 4 nitrogen and oxygen atoms in total. The van der Waals surface area contributed by atoms with Crippen molar-refractivity contribution in [1.29, 1.82) is 0 Å². The summed E-state index contributed by atoms with van der Waals surface area (Å²) in [4.78, 5) is 18.4. The zero-order valence-electron chi connectivity index (χ0n) is 10.6. The van der Waals surface area contributed by atoms with Crippen molar-refractivity contribution in [3.05, 3.63) is 42.2 Å². The molecule has 1 atom stereocenters. The Bertz CT molecular complexity index is 761. The number of carboxylic acid groups (broad SMARTS) is 1. The van der Waals surface area contributed by atoms with Crippen molar-refractivity contribution >= 4 is 27.8 Å². The van der Waals surface area contributed by atoms with Crippen molar-refractivity contribution in [2.75, 3.05) is 0 Å². The normalized spacial score (nSPS) is 12.9. The maximum atomic E-state index is 10.9. The molecule has 0 spiro atoms. The van der Waals surface area contributed by atoms with Gasteiger partial charge in [-0.1, -0.05) is 13.0 Å². The minimum Gasteiger partial charge on any atom is -0.481 e. The van der Waals surface area contributed by atoms with Crippen LogP contribution in [0.25, 0.3) is 21.8 Å². The molecule has 0 amide bonds. The van der Waals surface area contributed by atoms with Crippen LogP contribution in [0.3, 0.4) is 0 Å². The van der Waals surface area contributed by atoms with E-state index in [4.69, 9.17) is 5.11 Å². The summed E-state index contributed by atoms with van der Waals surface area (Å²) >= 11 is 0. The second-order valence-electron chi connectivity index (χ2n) is 4.87. The zero-order valence-corrected chi connectivity index (χ0v) is 10.6. The van der Waals surface area contributed by atoms with Gasteiger partial charge >= 0.3 is 5.97 Å². The number of carbonyl (C=O) groups is 1. The molecule has 2 aromatic heterocycles. The number of aliphatic carboxylic acids is 1. The molecule has 0 aliphatic heterocycles. The Morgan fingerprint density at radius 1 is 1.32 bits per heavy atom. The Labute approximate surface area is 110 Å². The van der Waals surface area contributed by atoms with Gasteiger partial charge in [0.1, 0.15) is 0 Å². The Balaban J connectivity index is 2.09. The average molecular weight is 254 g/mol. The van der Waals surface area contributed by atoms with Crippen LogP contribution in [-0.2, 0) is 11.2 Å². The Morgan fingerprint density at radius 2 is 2.11 bits per heavy atom. The number of hydrogen-bond donors (Lipinski definition) is 2. The quantitative estimate of drug-likeness (QED) is 0.755. The fourth-order valence-electron chi connectivity index (χ4n) is 2.35. The molecule has 1 unspecified atom stereocenters. The van der Waals surface area contributed by atoms with Gasteiger partial charge in [-0.15, -0.1) is 0 Å². The van der Waals surface area contributed by atoms with Crippen LogP contribution in [0, 0.1) is 5.92 Å². The molecule has 2 heterocycles. The van der Waals surface area contributed by atoms with Crippen LogP contribution in [-0.4, -0.2) is 21.0 Å². The Morgan fingerprint density at radius 3 is 2.89 bits per heavy atom. The van der Waals surface area contributed by atoms with E-state index < -0.39 is 5.97 Å². The van der Waals surface area contributed by atoms with Crippen LogP contribution in [0.2, 0.25) is 0 Å². The van der Waals surface area contributed by atoms with Crippen molar-refractivity contribution in [3.63, 3.8) is 0 Å². The van der Waals surface area contributed by atoms with E-state index in [0.29, 0.717) is 6.42 Å². The molecule has 0 saturated heterocycles. The van der Waals surface area contributed by atoms with E-state index in [2.05, 4.69) is 16.0 Å². The lowest BCUT2D eigenvalue weighted by Gasteiger charge is -2.06. The number of fused-ring (bicyclic) bond motifs is 3. The first kappa shape index (κ1) is 11.7. The number of carboxylic acids is 1. The zero-order chi connectivity index (χ0) is 13.4. The monoisotopic (exact) mass is 254 g/mol. The standard InChI is InChI=1S/C15H14N2O2/c1-9(15(18)19)6-10-2-3-13-11(7-10)12-8-16-5-4-14(12)17-13/h2-5,7-9,17H,6H2,1H3,(H,18,19). The highest BCUT2D eigenvalue weighted by molar-refractivity contribution is 6.06. The number of benzene rings is 1. The van der Waals surface area contributed by atoms with Crippen LogP contribution in [0.4, 0.5) is 0 Å². The highest BCUT2D eigenvalue weighted by Crippen LogP contribution is 2.26. The highest BCUT2D eigenvalue weighted by Gasteiger charge is 2.12. The average Bonchev–Trinajstić information content (AvgIpc) is 2.76. The van der Waals surface area contributed by atoms with Crippen molar-refractivity contribution in [3.8, 4) is 0 Å².